The average molecular weight is 471 g/mol. The van der Waals surface area contributed by atoms with Gasteiger partial charge in [-0.2, -0.15) is 8.78 Å². The first-order chi connectivity index (χ1) is 16.4. The molecule has 1 aromatic carbocycles. The molecule has 176 valence electrons. The van der Waals surface area contributed by atoms with E-state index in [0.717, 1.165) is 12.8 Å². The molecule has 2 aromatic heterocycles. The fourth-order valence-electron chi connectivity index (χ4n) is 4.56. The summed E-state index contributed by atoms with van der Waals surface area (Å²) >= 11 is 0. The smallest absolute Gasteiger partial charge is 0.314 e. The largest absolute Gasteiger partial charge is 0.415 e. The molecule has 11 heteroatoms. The van der Waals surface area contributed by atoms with E-state index < -0.39 is 24.0 Å². The highest BCUT2D eigenvalue weighted by Crippen LogP contribution is 2.33. The Morgan fingerprint density at radius 3 is 2.74 bits per heavy atom. The van der Waals surface area contributed by atoms with Gasteiger partial charge in [0.1, 0.15) is 5.82 Å². The second-order valence-electron chi connectivity index (χ2n) is 8.31. The summed E-state index contributed by atoms with van der Waals surface area (Å²) in [4.78, 5) is 32.0. The zero-order chi connectivity index (χ0) is 23.8. The van der Waals surface area contributed by atoms with Crippen LogP contribution in [0.2, 0.25) is 0 Å². The third-order valence-corrected chi connectivity index (χ3v) is 6.22. The maximum absolute atomic E-state index is 14.1. The number of carbonyl (C=O) groups excluding carboxylic acids is 2. The maximum Gasteiger partial charge on any atom is 0.314 e. The first kappa shape index (κ1) is 22.1. The van der Waals surface area contributed by atoms with Crippen LogP contribution in [0.15, 0.2) is 40.9 Å². The van der Waals surface area contributed by atoms with Gasteiger partial charge in [0.15, 0.2) is 0 Å². The molecule has 1 N–H and O–H groups in total. The third kappa shape index (κ3) is 4.02. The summed E-state index contributed by atoms with van der Waals surface area (Å²) in [6.45, 7) is 0.247. The van der Waals surface area contributed by atoms with Gasteiger partial charge in [0.25, 0.3) is 17.7 Å². The van der Waals surface area contributed by atoms with E-state index in [9.17, 15) is 22.8 Å². The van der Waals surface area contributed by atoms with E-state index in [0.29, 0.717) is 24.1 Å². The number of carbonyl (C=O) groups is 2. The highest BCUT2D eigenvalue weighted by atomic mass is 19.3. The van der Waals surface area contributed by atoms with Crippen molar-refractivity contribution in [3.05, 3.63) is 65.1 Å². The summed E-state index contributed by atoms with van der Waals surface area (Å²) in [6.07, 6.45) is 1.59. The fraction of sp³-hybridized carbons (Fsp3) is 0.348. The number of aromatic nitrogens is 3. The molecule has 0 saturated heterocycles. The molecule has 8 nitrogen and oxygen atoms in total. The molecule has 1 saturated carbocycles. The number of alkyl halides is 2. The molecule has 1 aliphatic carbocycles. The van der Waals surface area contributed by atoms with Crippen LogP contribution in [0.3, 0.4) is 0 Å². The van der Waals surface area contributed by atoms with E-state index in [1.165, 1.54) is 30.5 Å². The Balaban J connectivity index is 1.36. The molecule has 2 aliphatic rings. The van der Waals surface area contributed by atoms with E-state index in [2.05, 4.69) is 20.5 Å². The number of nitrogens with zero attached hydrogens (tertiary/aromatic N) is 4. The predicted molar refractivity (Wildman–Crippen MR) is 112 cm³/mol. The zero-order valence-corrected chi connectivity index (χ0v) is 17.9. The molecule has 2 amide bonds. The standard InChI is InChI=1S/C23H20F3N5O3/c24-15-6-2-1-5-13(15)20(32)28-16-7-3-4-8-18(16)31-11-17-14(23(31)33)9-12(10-27-17)21-29-30-22(34-21)19(25)26/h1-2,5-6,9-10,16,18-19H,3-4,7-8,11H2,(H,28,32)/t16-,18-/m1/s1. The molecule has 0 bridgehead atoms. The van der Waals surface area contributed by atoms with Crippen molar-refractivity contribution in [2.75, 3.05) is 0 Å². The number of amides is 2. The van der Waals surface area contributed by atoms with Gasteiger partial charge in [0.2, 0.25) is 5.89 Å². The van der Waals surface area contributed by atoms with Crippen molar-refractivity contribution in [1.29, 1.82) is 0 Å². The number of halogens is 3. The highest BCUT2D eigenvalue weighted by molar-refractivity contribution is 5.99. The molecule has 34 heavy (non-hydrogen) atoms. The molecular formula is C23H20F3N5O3. The third-order valence-electron chi connectivity index (χ3n) is 6.22. The number of nitrogens with one attached hydrogen (secondary N) is 1. The van der Waals surface area contributed by atoms with Gasteiger partial charge in [0.05, 0.1) is 35.0 Å². The van der Waals surface area contributed by atoms with E-state index in [4.69, 9.17) is 4.42 Å². The molecule has 3 aromatic rings. The van der Waals surface area contributed by atoms with Crippen LogP contribution in [0.25, 0.3) is 11.5 Å². The van der Waals surface area contributed by atoms with Crippen molar-refractivity contribution in [2.24, 2.45) is 0 Å². The van der Waals surface area contributed by atoms with Crippen LogP contribution in [-0.2, 0) is 6.54 Å². The van der Waals surface area contributed by atoms with Crippen LogP contribution < -0.4 is 5.32 Å². The van der Waals surface area contributed by atoms with Gasteiger partial charge >= 0.3 is 6.43 Å². The highest BCUT2D eigenvalue weighted by Gasteiger charge is 2.39. The van der Waals surface area contributed by atoms with Crippen molar-refractivity contribution >= 4 is 11.8 Å². The first-order valence-electron chi connectivity index (χ1n) is 10.9. The normalized spacial score (nSPS) is 20.0. The van der Waals surface area contributed by atoms with Crippen molar-refractivity contribution in [1.82, 2.24) is 25.4 Å². The number of hydrogen-bond donors (Lipinski definition) is 1. The molecule has 2 atom stereocenters. The molecule has 0 unspecified atom stereocenters. The zero-order valence-electron chi connectivity index (χ0n) is 17.9. The number of hydrogen-bond acceptors (Lipinski definition) is 6. The number of pyridine rings is 1. The Hall–Kier alpha value is -3.76. The van der Waals surface area contributed by atoms with Gasteiger partial charge in [-0.3, -0.25) is 14.6 Å². The summed E-state index contributed by atoms with van der Waals surface area (Å²) in [7, 11) is 0. The molecule has 3 heterocycles. The van der Waals surface area contributed by atoms with Gasteiger partial charge in [-0.1, -0.05) is 25.0 Å². The lowest BCUT2D eigenvalue weighted by molar-refractivity contribution is 0.0580. The number of fused-ring (bicyclic) bond motifs is 1. The second-order valence-corrected chi connectivity index (χ2v) is 8.31. The summed E-state index contributed by atoms with van der Waals surface area (Å²) in [5.41, 5.74) is 1.07. The minimum atomic E-state index is -2.90. The van der Waals surface area contributed by atoms with Crippen molar-refractivity contribution < 1.29 is 27.2 Å². The van der Waals surface area contributed by atoms with Gasteiger partial charge < -0.3 is 14.6 Å². The SMILES string of the molecule is O=C(N[C@@H]1CCCC[C@H]1N1Cc2ncc(-c3nnc(C(F)F)o3)cc2C1=O)c1ccccc1F. The number of rotatable bonds is 5. The Kier molecular flexibility index (Phi) is 5.76. The minimum absolute atomic E-state index is 0.0445. The fourth-order valence-corrected chi connectivity index (χ4v) is 4.56. The van der Waals surface area contributed by atoms with Gasteiger partial charge in [-0.05, 0) is 31.0 Å². The summed E-state index contributed by atoms with van der Waals surface area (Å²) in [5.74, 6) is -2.37. The van der Waals surface area contributed by atoms with Crippen LogP contribution in [0.4, 0.5) is 13.2 Å². The maximum atomic E-state index is 14.1. The Bertz CT molecular complexity index is 1250. The topological polar surface area (TPSA) is 101 Å². The summed E-state index contributed by atoms with van der Waals surface area (Å²) in [6, 6.07) is 6.62. The van der Waals surface area contributed by atoms with Crippen LogP contribution in [0.1, 0.15) is 64.4 Å². The van der Waals surface area contributed by atoms with Crippen LogP contribution in [0, 0.1) is 5.82 Å². The van der Waals surface area contributed by atoms with Gasteiger partial charge in [-0.25, -0.2) is 4.39 Å². The lowest BCUT2D eigenvalue weighted by Crippen LogP contribution is -2.53. The van der Waals surface area contributed by atoms with Crippen LogP contribution in [0.5, 0.6) is 0 Å². The molecule has 1 aliphatic heterocycles. The van der Waals surface area contributed by atoms with Crippen molar-refractivity contribution in [3.8, 4) is 11.5 Å². The van der Waals surface area contributed by atoms with E-state index in [1.54, 1.807) is 11.0 Å². The molecular weight excluding hydrogens is 451 g/mol. The first-order valence-corrected chi connectivity index (χ1v) is 10.9. The average Bonchev–Trinajstić information content (AvgIpc) is 3.45. The Labute approximate surface area is 192 Å². The van der Waals surface area contributed by atoms with Gasteiger partial charge in [0, 0.05) is 12.2 Å². The minimum Gasteiger partial charge on any atom is -0.415 e. The van der Waals surface area contributed by atoms with Crippen LogP contribution >= 0.6 is 0 Å². The van der Waals surface area contributed by atoms with E-state index in [1.807, 2.05) is 0 Å². The molecule has 5 rings (SSSR count). The monoisotopic (exact) mass is 471 g/mol. The Morgan fingerprint density at radius 1 is 1.18 bits per heavy atom. The van der Waals surface area contributed by atoms with E-state index >= 15 is 0 Å². The van der Waals surface area contributed by atoms with Crippen molar-refractivity contribution in [3.63, 3.8) is 0 Å². The lowest BCUT2D eigenvalue weighted by Gasteiger charge is -2.38. The quantitative estimate of drug-likeness (QED) is 0.606. The predicted octanol–water partition coefficient (Wildman–Crippen LogP) is 3.91. The second kappa shape index (κ2) is 8.88. The van der Waals surface area contributed by atoms with Crippen LogP contribution in [-0.4, -0.2) is 44.0 Å². The van der Waals surface area contributed by atoms with Gasteiger partial charge in [-0.15, -0.1) is 10.2 Å². The molecule has 0 radical (unpaired) electrons. The summed E-state index contributed by atoms with van der Waals surface area (Å²) in [5, 5.41) is 9.82. The van der Waals surface area contributed by atoms with Crippen molar-refractivity contribution in [2.45, 2.75) is 50.7 Å². The molecule has 0 spiro atoms. The Morgan fingerprint density at radius 2 is 1.97 bits per heavy atom. The summed E-state index contributed by atoms with van der Waals surface area (Å²) < 4.78 is 44.6. The number of benzene rings is 1. The lowest BCUT2D eigenvalue weighted by atomic mass is 9.89. The molecule has 1 fully saturated rings. The van der Waals surface area contributed by atoms with E-state index in [-0.39, 0.29) is 41.6 Å².